The lowest BCUT2D eigenvalue weighted by molar-refractivity contribution is 0.414. The van der Waals surface area contributed by atoms with E-state index in [9.17, 15) is 0 Å². The highest BCUT2D eigenvalue weighted by Crippen LogP contribution is 2.31. The first kappa shape index (κ1) is 21.7. The van der Waals surface area contributed by atoms with Crippen molar-refractivity contribution in [3.05, 3.63) is 84.8 Å². The predicted octanol–water partition coefficient (Wildman–Crippen LogP) is 5.29. The van der Waals surface area contributed by atoms with Crippen LogP contribution in [0.1, 0.15) is 5.89 Å². The first-order valence-corrected chi connectivity index (χ1v) is 11.5. The van der Waals surface area contributed by atoms with Gasteiger partial charge in [-0.1, -0.05) is 30.0 Å². The Morgan fingerprint density at radius 1 is 0.735 bits per heavy atom. The van der Waals surface area contributed by atoms with Gasteiger partial charge in [-0.15, -0.1) is 20.4 Å². The smallest absolute Gasteiger partial charge is 0.247 e. The van der Waals surface area contributed by atoms with Gasteiger partial charge in [0, 0.05) is 16.8 Å². The van der Waals surface area contributed by atoms with Crippen LogP contribution in [-0.2, 0) is 5.75 Å². The summed E-state index contributed by atoms with van der Waals surface area (Å²) in [7, 11) is 3.29. The number of hydrogen-bond donors (Lipinski definition) is 0. The highest BCUT2D eigenvalue weighted by atomic mass is 32.2. The molecule has 0 atom stereocenters. The van der Waals surface area contributed by atoms with Crippen molar-refractivity contribution in [1.29, 1.82) is 0 Å². The van der Waals surface area contributed by atoms with Crippen LogP contribution in [-0.4, -0.2) is 39.2 Å². The fraction of sp³-hybridized carbons (Fsp3) is 0.120. The fourth-order valence-electron chi connectivity index (χ4n) is 3.39. The molecule has 170 valence electrons. The van der Waals surface area contributed by atoms with Crippen LogP contribution in [0.5, 0.6) is 11.5 Å². The normalized spacial score (nSPS) is 10.9. The Labute approximate surface area is 200 Å². The average Bonchev–Trinajstić information content (AvgIpc) is 3.55. The zero-order valence-electron chi connectivity index (χ0n) is 18.6. The molecule has 0 aliphatic heterocycles. The Bertz CT molecular complexity index is 1370. The van der Waals surface area contributed by atoms with Crippen molar-refractivity contribution in [2.75, 3.05) is 14.2 Å². The quantitative estimate of drug-likeness (QED) is 0.282. The molecule has 2 aromatic heterocycles. The van der Waals surface area contributed by atoms with Crippen molar-refractivity contribution in [3.8, 4) is 40.0 Å². The topological polar surface area (TPSA) is 88.1 Å². The molecule has 0 saturated carbocycles. The minimum Gasteiger partial charge on any atom is -0.497 e. The van der Waals surface area contributed by atoms with Gasteiger partial charge >= 0.3 is 0 Å². The van der Waals surface area contributed by atoms with Gasteiger partial charge in [0.05, 0.1) is 20.0 Å². The second-order valence-corrected chi connectivity index (χ2v) is 8.17. The van der Waals surface area contributed by atoms with Crippen molar-refractivity contribution in [1.82, 2.24) is 25.0 Å². The Hall–Kier alpha value is -4.11. The Kier molecular flexibility index (Phi) is 6.26. The molecule has 9 heteroatoms. The number of benzene rings is 3. The van der Waals surface area contributed by atoms with Crippen LogP contribution in [0, 0.1) is 0 Å². The van der Waals surface area contributed by atoms with Crippen LogP contribution in [0.2, 0.25) is 0 Å². The molecule has 3 aromatic carbocycles. The number of thioether (sulfide) groups is 1. The minimum absolute atomic E-state index is 0.455. The molecule has 0 bridgehead atoms. The van der Waals surface area contributed by atoms with Crippen molar-refractivity contribution in [3.63, 3.8) is 0 Å². The van der Waals surface area contributed by atoms with E-state index in [1.807, 2.05) is 83.4 Å². The summed E-state index contributed by atoms with van der Waals surface area (Å²) in [5, 5.41) is 18.0. The number of nitrogens with zero attached hydrogens (tertiary/aromatic N) is 5. The molecule has 2 heterocycles. The monoisotopic (exact) mass is 471 g/mol. The molecule has 0 saturated heterocycles. The van der Waals surface area contributed by atoms with Crippen LogP contribution in [0.15, 0.2) is 88.4 Å². The molecule has 0 spiro atoms. The van der Waals surface area contributed by atoms with E-state index in [2.05, 4.69) is 20.4 Å². The molecule has 0 unspecified atom stereocenters. The van der Waals surface area contributed by atoms with Gasteiger partial charge in [0.15, 0.2) is 11.0 Å². The van der Waals surface area contributed by atoms with Gasteiger partial charge in [0.2, 0.25) is 11.8 Å². The summed E-state index contributed by atoms with van der Waals surface area (Å²) in [6.45, 7) is 0. The Morgan fingerprint density at radius 3 is 2.09 bits per heavy atom. The third-order valence-corrected chi connectivity index (χ3v) is 6.04. The number of rotatable bonds is 8. The summed E-state index contributed by atoms with van der Waals surface area (Å²) in [5.74, 6) is 3.73. The van der Waals surface area contributed by atoms with Crippen molar-refractivity contribution < 1.29 is 13.9 Å². The van der Waals surface area contributed by atoms with Crippen molar-refractivity contribution in [2.24, 2.45) is 0 Å². The Morgan fingerprint density at radius 2 is 1.41 bits per heavy atom. The van der Waals surface area contributed by atoms with Crippen molar-refractivity contribution in [2.45, 2.75) is 10.9 Å². The van der Waals surface area contributed by atoms with E-state index in [0.717, 1.165) is 28.3 Å². The molecular formula is C25H21N5O3S. The van der Waals surface area contributed by atoms with Gasteiger partial charge in [0.25, 0.3) is 0 Å². The predicted molar refractivity (Wildman–Crippen MR) is 129 cm³/mol. The molecule has 0 radical (unpaired) electrons. The molecule has 0 aliphatic carbocycles. The summed E-state index contributed by atoms with van der Waals surface area (Å²) >= 11 is 1.47. The second-order valence-electron chi connectivity index (χ2n) is 7.22. The first-order chi connectivity index (χ1) is 16.7. The third-order valence-electron chi connectivity index (χ3n) is 5.12. The van der Waals surface area contributed by atoms with Gasteiger partial charge in [-0.3, -0.25) is 4.57 Å². The zero-order chi connectivity index (χ0) is 23.3. The molecule has 8 nitrogen and oxygen atoms in total. The van der Waals surface area contributed by atoms with Crippen LogP contribution in [0.4, 0.5) is 0 Å². The molecular weight excluding hydrogens is 450 g/mol. The second kappa shape index (κ2) is 9.80. The van der Waals surface area contributed by atoms with Gasteiger partial charge in [-0.25, -0.2) is 0 Å². The molecule has 0 N–H and O–H groups in total. The Balaban J connectivity index is 1.45. The van der Waals surface area contributed by atoms with Gasteiger partial charge in [-0.05, 0) is 60.7 Å². The summed E-state index contributed by atoms with van der Waals surface area (Å²) in [6.07, 6.45) is 0. The molecule has 0 fully saturated rings. The number of aromatic nitrogens is 5. The van der Waals surface area contributed by atoms with Crippen LogP contribution in [0.3, 0.4) is 0 Å². The van der Waals surface area contributed by atoms with Gasteiger partial charge in [-0.2, -0.15) is 0 Å². The fourth-order valence-corrected chi connectivity index (χ4v) is 4.18. The van der Waals surface area contributed by atoms with Crippen LogP contribution in [0.25, 0.3) is 28.5 Å². The number of methoxy groups -OCH3 is 2. The van der Waals surface area contributed by atoms with E-state index in [4.69, 9.17) is 13.9 Å². The van der Waals surface area contributed by atoms with E-state index in [1.165, 1.54) is 11.8 Å². The third kappa shape index (κ3) is 4.51. The van der Waals surface area contributed by atoms with E-state index >= 15 is 0 Å². The maximum Gasteiger partial charge on any atom is 0.247 e. The van der Waals surface area contributed by atoms with Crippen LogP contribution < -0.4 is 9.47 Å². The van der Waals surface area contributed by atoms with Gasteiger partial charge in [0.1, 0.15) is 11.5 Å². The summed E-state index contributed by atoms with van der Waals surface area (Å²) < 4.78 is 18.5. The molecule has 5 aromatic rings. The standard InChI is InChI=1S/C25H21N5O3S/c1-31-20-12-8-17(9-13-20)23-27-29-25(30(23)19-10-14-21(32-2)15-11-19)34-16-22-26-28-24(33-22)18-6-4-3-5-7-18/h3-15H,16H2,1-2H3. The average molecular weight is 472 g/mol. The first-order valence-electron chi connectivity index (χ1n) is 10.5. The van der Waals surface area contributed by atoms with E-state index < -0.39 is 0 Å². The van der Waals surface area contributed by atoms with E-state index in [0.29, 0.717) is 28.5 Å². The lowest BCUT2D eigenvalue weighted by atomic mass is 10.2. The molecule has 5 rings (SSSR count). The van der Waals surface area contributed by atoms with E-state index in [-0.39, 0.29) is 0 Å². The lowest BCUT2D eigenvalue weighted by Gasteiger charge is -2.11. The lowest BCUT2D eigenvalue weighted by Crippen LogP contribution is -2.00. The minimum atomic E-state index is 0.455. The number of hydrogen-bond acceptors (Lipinski definition) is 8. The highest BCUT2D eigenvalue weighted by molar-refractivity contribution is 7.98. The zero-order valence-corrected chi connectivity index (χ0v) is 19.4. The van der Waals surface area contributed by atoms with E-state index in [1.54, 1.807) is 14.2 Å². The molecule has 0 aliphatic rings. The molecule has 34 heavy (non-hydrogen) atoms. The maximum absolute atomic E-state index is 5.85. The summed E-state index contributed by atoms with van der Waals surface area (Å²) in [4.78, 5) is 0. The summed E-state index contributed by atoms with van der Waals surface area (Å²) in [6, 6.07) is 25.2. The SMILES string of the molecule is COc1ccc(-c2nnc(SCc3nnc(-c4ccccc4)o3)n2-c2ccc(OC)cc2)cc1. The maximum atomic E-state index is 5.85. The summed E-state index contributed by atoms with van der Waals surface area (Å²) in [5.41, 5.74) is 2.71. The number of ether oxygens (including phenoxy) is 2. The molecule has 0 amide bonds. The highest BCUT2D eigenvalue weighted by Gasteiger charge is 2.18. The van der Waals surface area contributed by atoms with Crippen LogP contribution >= 0.6 is 11.8 Å². The van der Waals surface area contributed by atoms with Crippen molar-refractivity contribution >= 4 is 11.8 Å². The van der Waals surface area contributed by atoms with Gasteiger partial charge < -0.3 is 13.9 Å². The largest absolute Gasteiger partial charge is 0.497 e.